The Balaban J connectivity index is 1.25. The van der Waals surface area contributed by atoms with Gasteiger partial charge in [0.25, 0.3) is 0 Å². The lowest BCUT2D eigenvalue weighted by molar-refractivity contribution is 0.192. The van der Waals surface area contributed by atoms with E-state index in [0.29, 0.717) is 11.4 Å². The fraction of sp³-hybridized carbons (Fsp3) is 0.286. The first-order valence-electron chi connectivity index (χ1n) is 12.2. The van der Waals surface area contributed by atoms with Crippen molar-refractivity contribution in [3.05, 3.63) is 85.1 Å². The van der Waals surface area contributed by atoms with Crippen molar-refractivity contribution in [3.8, 4) is 11.1 Å². The van der Waals surface area contributed by atoms with E-state index < -0.39 is 10.0 Å². The number of sulfonamides is 1. The summed E-state index contributed by atoms with van der Waals surface area (Å²) in [5.74, 6) is 0.863. The second-order valence-electron chi connectivity index (χ2n) is 9.50. The zero-order valence-electron chi connectivity index (χ0n) is 19.5. The quantitative estimate of drug-likeness (QED) is 0.402. The van der Waals surface area contributed by atoms with E-state index >= 15 is 0 Å². The fourth-order valence-electron chi connectivity index (χ4n) is 5.63. The molecule has 4 aromatic rings. The van der Waals surface area contributed by atoms with Crippen molar-refractivity contribution in [1.29, 1.82) is 0 Å². The molecule has 0 atom stereocenters. The SMILES string of the molecule is O=S(=O)(c1cccc(-c2ccccc2)c1)N1CCCC12CCN(c1cnc3ccccc3n1)CC2. The number of para-hydroxylation sites is 2. The van der Waals surface area contributed by atoms with Crippen molar-refractivity contribution in [2.75, 3.05) is 24.5 Å². The van der Waals surface area contributed by atoms with Crippen LogP contribution in [0, 0.1) is 0 Å². The lowest BCUT2D eigenvalue weighted by atomic mass is 9.86. The summed E-state index contributed by atoms with van der Waals surface area (Å²) in [4.78, 5) is 12.0. The Hall–Kier alpha value is -3.29. The molecule has 2 saturated heterocycles. The summed E-state index contributed by atoms with van der Waals surface area (Å²) in [5.41, 5.74) is 3.38. The molecule has 0 saturated carbocycles. The third kappa shape index (κ3) is 3.98. The second-order valence-corrected chi connectivity index (χ2v) is 11.4. The molecule has 0 aliphatic carbocycles. The van der Waals surface area contributed by atoms with Gasteiger partial charge in [-0.1, -0.05) is 54.6 Å². The zero-order valence-corrected chi connectivity index (χ0v) is 20.4. The molecule has 0 radical (unpaired) electrons. The van der Waals surface area contributed by atoms with E-state index in [1.807, 2.05) is 79.0 Å². The van der Waals surface area contributed by atoms with Gasteiger partial charge in [0.05, 0.1) is 22.1 Å². The van der Waals surface area contributed by atoms with E-state index in [1.165, 1.54) is 0 Å². The lowest BCUT2D eigenvalue weighted by Crippen LogP contribution is -2.54. The predicted molar refractivity (Wildman–Crippen MR) is 139 cm³/mol. The van der Waals surface area contributed by atoms with Gasteiger partial charge in [0.15, 0.2) is 0 Å². The van der Waals surface area contributed by atoms with Crippen LogP contribution in [0.1, 0.15) is 25.7 Å². The second kappa shape index (κ2) is 8.73. The Morgan fingerprint density at radius 1 is 0.743 bits per heavy atom. The van der Waals surface area contributed by atoms with Crippen LogP contribution >= 0.6 is 0 Å². The molecule has 3 heterocycles. The molecule has 6 nitrogen and oxygen atoms in total. The van der Waals surface area contributed by atoms with Gasteiger partial charge in [0, 0.05) is 25.2 Å². The molecular weight excluding hydrogens is 456 g/mol. The highest BCUT2D eigenvalue weighted by atomic mass is 32.2. The molecule has 3 aromatic carbocycles. The maximum absolute atomic E-state index is 13.9. The van der Waals surface area contributed by atoms with Gasteiger partial charge < -0.3 is 4.90 Å². The topological polar surface area (TPSA) is 66.4 Å². The van der Waals surface area contributed by atoms with Gasteiger partial charge in [0.1, 0.15) is 5.82 Å². The molecule has 2 aliphatic heterocycles. The number of fused-ring (bicyclic) bond motifs is 1. The number of hydrogen-bond acceptors (Lipinski definition) is 5. The zero-order chi connectivity index (χ0) is 23.9. The molecule has 35 heavy (non-hydrogen) atoms. The number of benzene rings is 3. The van der Waals surface area contributed by atoms with E-state index in [4.69, 9.17) is 4.98 Å². The van der Waals surface area contributed by atoms with Crippen LogP contribution < -0.4 is 4.90 Å². The summed E-state index contributed by atoms with van der Waals surface area (Å²) in [6, 6.07) is 25.2. The van der Waals surface area contributed by atoms with Gasteiger partial charge in [-0.15, -0.1) is 0 Å². The maximum Gasteiger partial charge on any atom is 0.243 e. The van der Waals surface area contributed by atoms with Gasteiger partial charge in [-0.25, -0.2) is 13.4 Å². The highest BCUT2D eigenvalue weighted by Gasteiger charge is 2.49. The molecule has 0 unspecified atom stereocenters. The van der Waals surface area contributed by atoms with Crippen molar-refractivity contribution < 1.29 is 8.42 Å². The van der Waals surface area contributed by atoms with Crippen LogP contribution in [0.25, 0.3) is 22.2 Å². The minimum atomic E-state index is -3.60. The average Bonchev–Trinajstić information content (AvgIpc) is 3.33. The van der Waals surface area contributed by atoms with Crippen molar-refractivity contribution in [2.24, 2.45) is 0 Å². The molecule has 1 spiro atoms. The Bertz CT molecular complexity index is 1460. The number of anilines is 1. The summed E-state index contributed by atoms with van der Waals surface area (Å²) < 4.78 is 29.6. The van der Waals surface area contributed by atoms with E-state index in [-0.39, 0.29) is 5.54 Å². The first-order chi connectivity index (χ1) is 17.1. The lowest BCUT2D eigenvalue weighted by Gasteiger charge is -2.44. The Kier molecular flexibility index (Phi) is 5.54. The van der Waals surface area contributed by atoms with E-state index in [1.54, 1.807) is 10.4 Å². The molecular formula is C28H28N4O2S. The number of nitrogens with zero attached hydrogens (tertiary/aromatic N) is 4. The van der Waals surface area contributed by atoms with Crippen LogP contribution in [0.2, 0.25) is 0 Å². The van der Waals surface area contributed by atoms with E-state index in [2.05, 4.69) is 9.88 Å². The number of aromatic nitrogens is 2. The Morgan fingerprint density at radius 2 is 1.46 bits per heavy atom. The maximum atomic E-state index is 13.9. The average molecular weight is 485 g/mol. The summed E-state index contributed by atoms with van der Waals surface area (Å²) in [7, 11) is -3.60. The number of hydrogen-bond donors (Lipinski definition) is 0. The molecule has 0 N–H and O–H groups in total. The largest absolute Gasteiger partial charge is 0.355 e. The summed E-state index contributed by atoms with van der Waals surface area (Å²) >= 11 is 0. The molecule has 1 aromatic heterocycles. The fourth-order valence-corrected chi connectivity index (χ4v) is 7.57. The van der Waals surface area contributed by atoms with Crippen molar-refractivity contribution in [3.63, 3.8) is 0 Å². The van der Waals surface area contributed by atoms with Crippen LogP contribution in [0.3, 0.4) is 0 Å². The van der Waals surface area contributed by atoms with Crippen LogP contribution in [0.15, 0.2) is 90.0 Å². The standard InChI is InChI=1S/C28H28N4O2S/c33-35(34,24-11-6-10-23(20-24)22-8-2-1-3-9-22)32-17-7-14-28(32)15-18-31(19-16-28)27-21-29-25-12-4-5-13-26(25)30-27/h1-6,8-13,20-21H,7,14-19H2. The van der Waals surface area contributed by atoms with Crippen LogP contribution in [-0.2, 0) is 10.0 Å². The van der Waals surface area contributed by atoms with Crippen LogP contribution in [-0.4, -0.2) is 47.9 Å². The van der Waals surface area contributed by atoms with Crippen molar-refractivity contribution in [2.45, 2.75) is 36.1 Å². The van der Waals surface area contributed by atoms with Crippen LogP contribution in [0.4, 0.5) is 5.82 Å². The normalized spacial score (nSPS) is 18.3. The summed E-state index contributed by atoms with van der Waals surface area (Å²) in [5, 5.41) is 0. The first-order valence-corrected chi connectivity index (χ1v) is 13.6. The molecule has 0 amide bonds. The van der Waals surface area contributed by atoms with Gasteiger partial charge in [-0.2, -0.15) is 4.31 Å². The monoisotopic (exact) mass is 484 g/mol. The third-order valence-corrected chi connectivity index (χ3v) is 9.52. The molecule has 0 bridgehead atoms. The summed E-state index contributed by atoms with van der Waals surface area (Å²) in [6.45, 7) is 2.11. The molecule has 7 heteroatoms. The van der Waals surface area contributed by atoms with Gasteiger partial charge in [0.2, 0.25) is 10.0 Å². The number of piperidine rings is 1. The highest BCUT2D eigenvalue weighted by molar-refractivity contribution is 7.89. The van der Waals surface area contributed by atoms with Gasteiger partial charge in [-0.3, -0.25) is 4.98 Å². The van der Waals surface area contributed by atoms with Crippen molar-refractivity contribution in [1.82, 2.24) is 14.3 Å². The minimum Gasteiger partial charge on any atom is -0.355 e. The van der Waals surface area contributed by atoms with E-state index in [0.717, 1.165) is 66.8 Å². The van der Waals surface area contributed by atoms with Gasteiger partial charge in [-0.05, 0) is 61.1 Å². The van der Waals surface area contributed by atoms with Crippen molar-refractivity contribution >= 4 is 26.9 Å². The smallest absolute Gasteiger partial charge is 0.243 e. The summed E-state index contributed by atoms with van der Waals surface area (Å²) in [6.07, 6.45) is 5.21. The Morgan fingerprint density at radius 3 is 2.26 bits per heavy atom. The molecule has 6 rings (SSSR count). The van der Waals surface area contributed by atoms with Crippen LogP contribution in [0.5, 0.6) is 0 Å². The van der Waals surface area contributed by atoms with E-state index in [9.17, 15) is 8.42 Å². The molecule has 178 valence electrons. The minimum absolute atomic E-state index is 0.331. The Labute approximate surface area is 206 Å². The number of rotatable bonds is 4. The van der Waals surface area contributed by atoms with Gasteiger partial charge >= 0.3 is 0 Å². The predicted octanol–water partition coefficient (Wildman–Crippen LogP) is 5.12. The molecule has 2 aliphatic rings. The highest BCUT2D eigenvalue weighted by Crippen LogP contribution is 2.42. The first kappa shape index (κ1) is 22.2. The molecule has 2 fully saturated rings. The third-order valence-electron chi connectivity index (χ3n) is 7.52.